The van der Waals surface area contributed by atoms with E-state index in [2.05, 4.69) is 23.8 Å². The summed E-state index contributed by atoms with van der Waals surface area (Å²) < 4.78 is 0. The topological polar surface area (TPSA) is 66.3 Å². The van der Waals surface area contributed by atoms with E-state index >= 15 is 0 Å². The van der Waals surface area contributed by atoms with Crippen molar-refractivity contribution in [1.82, 2.24) is 14.9 Å². The highest BCUT2D eigenvalue weighted by molar-refractivity contribution is 5.92. The van der Waals surface area contributed by atoms with Gasteiger partial charge in [0.2, 0.25) is 0 Å². The summed E-state index contributed by atoms with van der Waals surface area (Å²) in [5, 5.41) is 11.7. The van der Waals surface area contributed by atoms with E-state index in [0.717, 1.165) is 30.5 Å². The number of aryl methyl sites for hydroxylation is 1. The van der Waals surface area contributed by atoms with Crippen LogP contribution in [0.25, 0.3) is 0 Å². The quantitative estimate of drug-likeness (QED) is 0.875. The maximum atomic E-state index is 13.1. The van der Waals surface area contributed by atoms with Gasteiger partial charge in [-0.3, -0.25) is 9.78 Å². The lowest BCUT2D eigenvalue weighted by molar-refractivity contribution is -0.101. The molecule has 3 rings (SSSR count). The highest BCUT2D eigenvalue weighted by atomic mass is 16.3. The van der Waals surface area contributed by atoms with Crippen molar-refractivity contribution in [1.29, 1.82) is 0 Å². The summed E-state index contributed by atoms with van der Waals surface area (Å²) in [6, 6.07) is 9.87. The van der Waals surface area contributed by atoms with E-state index in [1.54, 1.807) is 12.4 Å². The van der Waals surface area contributed by atoms with Gasteiger partial charge < -0.3 is 10.0 Å². The summed E-state index contributed by atoms with van der Waals surface area (Å²) in [7, 11) is 0. The maximum absolute atomic E-state index is 13.1. The fourth-order valence-electron chi connectivity index (χ4n) is 4.41. The minimum Gasteiger partial charge on any atom is -0.385 e. The van der Waals surface area contributed by atoms with Gasteiger partial charge in [0, 0.05) is 24.7 Å². The molecule has 1 N–H and O–H groups in total. The first-order valence-electron chi connectivity index (χ1n) is 9.88. The van der Waals surface area contributed by atoms with E-state index in [0.29, 0.717) is 18.7 Å². The highest BCUT2D eigenvalue weighted by Gasteiger charge is 2.48. The zero-order valence-electron chi connectivity index (χ0n) is 16.4. The molecule has 3 atom stereocenters. The van der Waals surface area contributed by atoms with Gasteiger partial charge in [-0.25, -0.2) is 4.98 Å². The number of benzene rings is 1. The summed E-state index contributed by atoms with van der Waals surface area (Å²) in [6.45, 7) is 6.59. The molecule has 0 unspecified atom stereocenters. The first-order chi connectivity index (χ1) is 13.0. The van der Waals surface area contributed by atoms with Gasteiger partial charge >= 0.3 is 0 Å². The third kappa shape index (κ3) is 3.74. The van der Waals surface area contributed by atoms with Crippen LogP contribution in [0.2, 0.25) is 0 Å². The van der Waals surface area contributed by atoms with Crippen LogP contribution in [0.15, 0.2) is 42.7 Å². The Morgan fingerprint density at radius 3 is 2.56 bits per heavy atom. The molecule has 5 nitrogen and oxygen atoms in total. The van der Waals surface area contributed by atoms with Crippen LogP contribution in [0, 0.1) is 12.8 Å². The summed E-state index contributed by atoms with van der Waals surface area (Å²) in [4.78, 5) is 23.5. The van der Waals surface area contributed by atoms with Gasteiger partial charge in [-0.1, -0.05) is 50.6 Å². The second-order valence-corrected chi connectivity index (χ2v) is 7.45. The van der Waals surface area contributed by atoms with Crippen LogP contribution in [0.4, 0.5) is 0 Å². The van der Waals surface area contributed by atoms with Crippen molar-refractivity contribution in [3.8, 4) is 0 Å². The standard InChI is InChI=1S/C22H29N3O2/c1-4-9-18-20(5-2)25(21(26)19-15-23-16(3)14-24-19)13-12-22(18,27)17-10-7-6-8-11-17/h6-8,10-11,14-15,18,20,27H,4-5,9,12-13H2,1-3H3/t18-,20+,22-/m1/s1. The Labute approximate surface area is 161 Å². The van der Waals surface area contributed by atoms with Crippen LogP contribution in [0.3, 0.4) is 0 Å². The second kappa shape index (κ2) is 8.17. The van der Waals surface area contributed by atoms with Crippen LogP contribution in [-0.4, -0.2) is 38.5 Å². The molecule has 1 fully saturated rings. The van der Waals surface area contributed by atoms with Crippen LogP contribution in [0.1, 0.15) is 61.3 Å². The molecule has 1 aromatic carbocycles. The van der Waals surface area contributed by atoms with E-state index in [1.807, 2.05) is 42.2 Å². The van der Waals surface area contributed by atoms with Gasteiger partial charge in [-0.05, 0) is 31.7 Å². The van der Waals surface area contributed by atoms with Gasteiger partial charge in [0.1, 0.15) is 5.69 Å². The number of piperidine rings is 1. The lowest BCUT2D eigenvalue weighted by Crippen LogP contribution is -2.57. The van der Waals surface area contributed by atoms with Crippen molar-refractivity contribution >= 4 is 5.91 Å². The second-order valence-electron chi connectivity index (χ2n) is 7.45. The van der Waals surface area contributed by atoms with Crippen molar-refractivity contribution in [2.45, 2.75) is 58.1 Å². The summed E-state index contributed by atoms with van der Waals surface area (Å²) >= 11 is 0. The predicted octanol–water partition coefficient (Wildman–Crippen LogP) is 3.71. The Morgan fingerprint density at radius 2 is 1.96 bits per heavy atom. The normalized spacial score (nSPS) is 25.4. The smallest absolute Gasteiger partial charge is 0.274 e. The number of rotatable bonds is 5. The Morgan fingerprint density at radius 1 is 1.22 bits per heavy atom. The van der Waals surface area contributed by atoms with Gasteiger partial charge in [-0.2, -0.15) is 0 Å². The van der Waals surface area contributed by atoms with E-state index in [9.17, 15) is 9.90 Å². The zero-order chi connectivity index (χ0) is 19.4. The molecule has 1 aliphatic heterocycles. The molecule has 0 aliphatic carbocycles. The molecule has 0 spiro atoms. The minimum atomic E-state index is -0.909. The number of hydrogen-bond acceptors (Lipinski definition) is 4. The molecule has 2 heterocycles. The molecule has 5 heteroatoms. The number of carbonyl (C=O) groups is 1. The van der Waals surface area contributed by atoms with Crippen LogP contribution < -0.4 is 0 Å². The van der Waals surface area contributed by atoms with Crippen LogP contribution >= 0.6 is 0 Å². The zero-order valence-corrected chi connectivity index (χ0v) is 16.4. The highest BCUT2D eigenvalue weighted by Crippen LogP contribution is 2.44. The summed E-state index contributed by atoms with van der Waals surface area (Å²) in [5.41, 5.74) is 1.20. The Kier molecular flexibility index (Phi) is 5.90. The largest absolute Gasteiger partial charge is 0.385 e. The molecule has 144 valence electrons. The SMILES string of the molecule is CCC[C@@H]1[C@H](CC)N(C(=O)c2cnc(C)cn2)CC[C@@]1(O)c1ccccc1. The first-order valence-corrected chi connectivity index (χ1v) is 9.88. The van der Waals surface area contributed by atoms with Crippen LogP contribution in [-0.2, 0) is 5.60 Å². The van der Waals surface area contributed by atoms with Crippen molar-refractivity contribution < 1.29 is 9.90 Å². The molecule has 2 aromatic rings. The summed E-state index contributed by atoms with van der Waals surface area (Å²) in [5.74, 6) is -0.100. The molecular formula is C22H29N3O2. The monoisotopic (exact) mass is 367 g/mol. The third-order valence-electron chi connectivity index (χ3n) is 5.76. The van der Waals surface area contributed by atoms with Gasteiger partial charge in [0.25, 0.3) is 5.91 Å². The molecule has 0 radical (unpaired) electrons. The van der Waals surface area contributed by atoms with Gasteiger partial charge in [0.05, 0.1) is 17.5 Å². The fraction of sp³-hybridized carbons (Fsp3) is 0.500. The first kappa shape index (κ1) is 19.5. The molecule has 0 saturated carbocycles. The van der Waals surface area contributed by atoms with E-state index in [4.69, 9.17) is 0 Å². The van der Waals surface area contributed by atoms with E-state index in [1.165, 1.54) is 0 Å². The van der Waals surface area contributed by atoms with Crippen LogP contribution in [0.5, 0.6) is 0 Å². The van der Waals surface area contributed by atoms with Gasteiger partial charge in [0.15, 0.2) is 0 Å². The molecule has 0 bridgehead atoms. The summed E-state index contributed by atoms with van der Waals surface area (Å²) in [6.07, 6.45) is 6.34. The fourth-order valence-corrected chi connectivity index (χ4v) is 4.41. The maximum Gasteiger partial charge on any atom is 0.274 e. The number of aromatic nitrogens is 2. The van der Waals surface area contributed by atoms with Crippen molar-refractivity contribution in [2.24, 2.45) is 5.92 Å². The lowest BCUT2D eigenvalue weighted by Gasteiger charge is -2.50. The lowest BCUT2D eigenvalue weighted by atomic mass is 9.69. The Bertz CT molecular complexity index is 763. The van der Waals surface area contributed by atoms with Crippen molar-refractivity contribution in [2.75, 3.05) is 6.54 Å². The van der Waals surface area contributed by atoms with E-state index in [-0.39, 0.29) is 17.9 Å². The van der Waals surface area contributed by atoms with Gasteiger partial charge in [-0.15, -0.1) is 0 Å². The van der Waals surface area contributed by atoms with E-state index < -0.39 is 5.60 Å². The number of aliphatic hydroxyl groups is 1. The molecule has 27 heavy (non-hydrogen) atoms. The predicted molar refractivity (Wildman–Crippen MR) is 105 cm³/mol. The Balaban J connectivity index is 1.94. The molecular weight excluding hydrogens is 338 g/mol. The van der Waals surface area contributed by atoms with Crippen molar-refractivity contribution in [3.05, 3.63) is 59.7 Å². The molecule has 1 amide bonds. The minimum absolute atomic E-state index is 0.00833. The average Bonchev–Trinajstić information content (AvgIpc) is 2.70. The number of carbonyl (C=O) groups excluding carboxylic acids is 1. The number of hydrogen-bond donors (Lipinski definition) is 1. The number of nitrogens with zero attached hydrogens (tertiary/aromatic N) is 3. The third-order valence-corrected chi connectivity index (χ3v) is 5.76. The molecule has 1 saturated heterocycles. The Hall–Kier alpha value is -2.27. The number of likely N-dealkylation sites (tertiary alicyclic amines) is 1. The number of amides is 1. The molecule has 1 aliphatic rings. The molecule has 1 aromatic heterocycles. The van der Waals surface area contributed by atoms with Crippen molar-refractivity contribution in [3.63, 3.8) is 0 Å². The average molecular weight is 367 g/mol.